The van der Waals surface area contributed by atoms with Crippen molar-refractivity contribution in [3.05, 3.63) is 23.6 Å². The van der Waals surface area contributed by atoms with Gasteiger partial charge >= 0.3 is 6.09 Å². The number of aromatic nitrogens is 1. The van der Waals surface area contributed by atoms with Gasteiger partial charge in [0.15, 0.2) is 17.5 Å². The van der Waals surface area contributed by atoms with E-state index in [1.54, 1.807) is 11.6 Å². The highest BCUT2D eigenvalue weighted by atomic mass is 19.1. The Labute approximate surface area is 136 Å². The zero-order chi connectivity index (χ0) is 17.4. The number of cyclic esters (lactones) is 1. The number of carbonyl (C=O) groups excluding carboxylic acids is 2. The number of benzene rings is 1. The van der Waals surface area contributed by atoms with Crippen molar-refractivity contribution in [1.82, 2.24) is 9.88 Å². The fourth-order valence-electron chi connectivity index (χ4n) is 2.74. The number of amides is 2. The lowest BCUT2D eigenvalue weighted by molar-refractivity contribution is -0.127. The molecule has 1 fully saturated rings. The Morgan fingerprint density at radius 2 is 2.25 bits per heavy atom. The van der Waals surface area contributed by atoms with Gasteiger partial charge in [-0.3, -0.25) is 14.3 Å². The summed E-state index contributed by atoms with van der Waals surface area (Å²) in [6, 6.07) is 2.75. The van der Waals surface area contributed by atoms with E-state index in [4.69, 9.17) is 9.15 Å². The Kier molecular flexibility index (Phi) is 4.00. The molecule has 0 saturated carbocycles. The third kappa shape index (κ3) is 2.41. The fourth-order valence-corrected chi connectivity index (χ4v) is 2.74. The number of halogens is 1. The number of nitrogens with one attached hydrogen (secondary N) is 1. The van der Waals surface area contributed by atoms with Crippen molar-refractivity contribution >= 4 is 28.8 Å². The van der Waals surface area contributed by atoms with Gasteiger partial charge in [0.05, 0.1) is 12.2 Å². The highest BCUT2D eigenvalue weighted by Gasteiger charge is 2.37. The van der Waals surface area contributed by atoms with Crippen LogP contribution in [0.3, 0.4) is 0 Å². The maximum Gasteiger partial charge on any atom is 0.415 e. The lowest BCUT2D eigenvalue weighted by Crippen LogP contribution is -2.35. The normalized spacial score (nSPS) is 18.3. The summed E-state index contributed by atoms with van der Waals surface area (Å²) in [5.74, 6) is -0.958. The van der Waals surface area contributed by atoms with Crippen LogP contribution < -0.4 is 15.9 Å². The smallest absolute Gasteiger partial charge is 0.415 e. The standard InChI is InChI=1S/C15H17FN4O4/c1-4-19-12-9(16)5-8(6-10(12)23-14(19)18-3)20-7-11(13(21)17-2)24-15(20)22/h5-6,11H,4,7H2,1-3H3,(H,17,21)/t11-/m1/s1. The highest BCUT2D eigenvalue weighted by molar-refractivity contribution is 5.96. The largest absolute Gasteiger partial charge is 0.434 e. The van der Waals surface area contributed by atoms with E-state index in [0.29, 0.717) is 6.54 Å². The third-order valence-corrected chi connectivity index (χ3v) is 3.89. The Morgan fingerprint density at radius 1 is 1.50 bits per heavy atom. The van der Waals surface area contributed by atoms with Crippen LogP contribution in [0.2, 0.25) is 0 Å². The summed E-state index contributed by atoms with van der Waals surface area (Å²) in [6.07, 6.45) is -1.64. The molecule has 2 amide bonds. The van der Waals surface area contributed by atoms with E-state index in [0.717, 1.165) is 0 Å². The van der Waals surface area contributed by atoms with Gasteiger partial charge in [0, 0.05) is 32.8 Å². The van der Waals surface area contributed by atoms with Crippen LogP contribution >= 0.6 is 0 Å². The molecule has 1 atom stereocenters. The van der Waals surface area contributed by atoms with Gasteiger partial charge in [-0.05, 0) is 6.92 Å². The molecule has 24 heavy (non-hydrogen) atoms. The summed E-state index contributed by atoms with van der Waals surface area (Å²) >= 11 is 0. The van der Waals surface area contributed by atoms with Gasteiger partial charge in [0.1, 0.15) is 5.52 Å². The number of nitrogens with zero attached hydrogens (tertiary/aromatic N) is 3. The molecule has 9 heteroatoms. The maximum absolute atomic E-state index is 14.6. The number of likely N-dealkylation sites (N-methyl/N-ethyl adjacent to an activating group) is 1. The minimum absolute atomic E-state index is 0.00293. The van der Waals surface area contributed by atoms with E-state index in [1.807, 2.05) is 6.92 Å². The number of rotatable bonds is 3. The molecule has 1 aliphatic heterocycles. The topological polar surface area (TPSA) is 89.1 Å². The second-order valence-electron chi connectivity index (χ2n) is 5.22. The van der Waals surface area contributed by atoms with Gasteiger partial charge < -0.3 is 14.5 Å². The Balaban J connectivity index is 2.06. The van der Waals surface area contributed by atoms with Crippen molar-refractivity contribution in [3.8, 4) is 0 Å². The molecule has 2 heterocycles. The van der Waals surface area contributed by atoms with Crippen molar-refractivity contribution in [1.29, 1.82) is 0 Å². The highest BCUT2D eigenvalue weighted by Crippen LogP contribution is 2.28. The summed E-state index contributed by atoms with van der Waals surface area (Å²) in [5.41, 5.74) is 1.09. The van der Waals surface area contributed by atoms with E-state index in [-0.39, 0.29) is 29.0 Å². The molecule has 8 nitrogen and oxygen atoms in total. The van der Waals surface area contributed by atoms with Crippen molar-refractivity contribution in [2.45, 2.75) is 19.6 Å². The molecule has 1 aromatic carbocycles. The summed E-state index contributed by atoms with van der Waals surface area (Å²) in [6.45, 7) is 2.34. The first kappa shape index (κ1) is 16.0. The van der Waals surface area contributed by atoms with E-state index < -0.39 is 23.9 Å². The van der Waals surface area contributed by atoms with Crippen molar-refractivity contribution < 1.29 is 23.1 Å². The van der Waals surface area contributed by atoms with Crippen LogP contribution in [-0.2, 0) is 16.1 Å². The Hall–Kier alpha value is -2.84. The first-order chi connectivity index (χ1) is 11.5. The van der Waals surface area contributed by atoms with Gasteiger partial charge in [-0.25, -0.2) is 14.2 Å². The number of anilines is 1. The quantitative estimate of drug-likeness (QED) is 0.905. The second kappa shape index (κ2) is 5.99. The van der Waals surface area contributed by atoms with Crippen molar-refractivity contribution in [2.24, 2.45) is 4.99 Å². The van der Waals surface area contributed by atoms with Crippen LogP contribution in [0.15, 0.2) is 21.5 Å². The van der Waals surface area contributed by atoms with Crippen LogP contribution in [0.5, 0.6) is 0 Å². The van der Waals surface area contributed by atoms with E-state index >= 15 is 0 Å². The molecule has 1 N–H and O–H groups in total. The molecule has 2 aromatic rings. The minimum Gasteiger partial charge on any atom is -0.434 e. The third-order valence-electron chi connectivity index (χ3n) is 3.89. The number of hydrogen-bond acceptors (Lipinski definition) is 5. The molecule has 0 spiro atoms. The van der Waals surface area contributed by atoms with Gasteiger partial charge in [-0.15, -0.1) is 0 Å². The molecular weight excluding hydrogens is 319 g/mol. The SMILES string of the molecule is CCn1c(=NC)oc2cc(N3C[C@H](C(=O)NC)OC3=O)cc(F)c21. The number of aryl methyl sites for hydroxylation is 1. The van der Waals surface area contributed by atoms with Gasteiger partial charge in [-0.2, -0.15) is 0 Å². The Morgan fingerprint density at radius 3 is 2.88 bits per heavy atom. The van der Waals surface area contributed by atoms with Crippen molar-refractivity contribution in [3.63, 3.8) is 0 Å². The van der Waals surface area contributed by atoms with Crippen LogP contribution in [0.25, 0.3) is 11.1 Å². The predicted molar refractivity (Wildman–Crippen MR) is 83.0 cm³/mol. The van der Waals surface area contributed by atoms with Crippen LogP contribution in [0.1, 0.15) is 6.92 Å². The molecule has 0 unspecified atom stereocenters. The summed E-state index contributed by atoms with van der Waals surface area (Å²) in [4.78, 5) is 28.8. The lowest BCUT2D eigenvalue weighted by Gasteiger charge is -2.13. The van der Waals surface area contributed by atoms with Gasteiger partial charge in [-0.1, -0.05) is 0 Å². The number of ether oxygens (including phenoxy) is 1. The molecule has 3 rings (SSSR count). The number of fused-ring (bicyclic) bond motifs is 1. The lowest BCUT2D eigenvalue weighted by atomic mass is 10.2. The second-order valence-corrected chi connectivity index (χ2v) is 5.22. The zero-order valence-electron chi connectivity index (χ0n) is 13.5. The average Bonchev–Trinajstić information content (AvgIpc) is 3.14. The molecule has 1 aliphatic rings. The van der Waals surface area contributed by atoms with E-state index in [9.17, 15) is 14.0 Å². The van der Waals surface area contributed by atoms with Gasteiger partial charge in [0.25, 0.3) is 11.6 Å². The summed E-state index contributed by atoms with van der Waals surface area (Å²) in [5, 5.41) is 2.42. The number of oxazole rings is 1. The predicted octanol–water partition coefficient (Wildman–Crippen LogP) is 0.995. The molecule has 1 saturated heterocycles. The van der Waals surface area contributed by atoms with Crippen LogP contribution in [0, 0.1) is 5.82 Å². The number of hydrogen-bond donors (Lipinski definition) is 1. The molecular formula is C15H17FN4O4. The van der Waals surface area contributed by atoms with Gasteiger partial charge in [0.2, 0.25) is 0 Å². The van der Waals surface area contributed by atoms with E-state index in [2.05, 4.69) is 10.3 Å². The maximum atomic E-state index is 14.6. The first-order valence-electron chi connectivity index (χ1n) is 7.45. The molecule has 0 bridgehead atoms. The van der Waals surface area contributed by atoms with E-state index in [1.165, 1.54) is 24.1 Å². The molecule has 0 radical (unpaired) electrons. The summed E-state index contributed by atoms with van der Waals surface area (Å²) in [7, 11) is 3.00. The van der Waals surface area contributed by atoms with Crippen LogP contribution in [-0.4, -0.2) is 43.3 Å². The average molecular weight is 336 g/mol. The summed E-state index contributed by atoms with van der Waals surface area (Å²) < 4.78 is 26.7. The molecule has 1 aromatic heterocycles. The number of carbonyl (C=O) groups is 2. The minimum atomic E-state index is -0.931. The fraction of sp³-hybridized carbons (Fsp3) is 0.400. The Bertz CT molecular complexity index is 885. The molecule has 0 aliphatic carbocycles. The van der Waals surface area contributed by atoms with Crippen LogP contribution in [0.4, 0.5) is 14.9 Å². The zero-order valence-corrected chi connectivity index (χ0v) is 13.5. The monoisotopic (exact) mass is 336 g/mol. The van der Waals surface area contributed by atoms with Crippen molar-refractivity contribution in [2.75, 3.05) is 25.5 Å². The first-order valence-corrected chi connectivity index (χ1v) is 7.45. The molecule has 128 valence electrons.